The van der Waals surface area contributed by atoms with Gasteiger partial charge in [-0.3, -0.25) is 9.56 Å². The zero-order valence-electron chi connectivity index (χ0n) is 13.9. The number of hydrogen-bond donors (Lipinski definition) is 0. The molecular weight excluding hydrogens is 315 g/mol. The summed E-state index contributed by atoms with van der Waals surface area (Å²) in [6.07, 6.45) is 0. The van der Waals surface area contributed by atoms with E-state index in [0.717, 1.165) is 28.5 Å². The van der Waals surface area contributed by atoms with Crippen LogP contribution < -0.4 is 0 Å². The van der Waals surface area contributed by atoms with Gasteiger partial charge in [0, 0.05) is 16.7 Å². The van der Waals surface area contributed by atoms with Gasteiger partial charge in [-0.05, 0) is 44.2 Å². The average molecular weight is 330 g/mol. The molecule has 5 heteroatoms. The molecule has 1 aliphatic rings. The standard InChI is InChI=1S/C20H15FN4/c1-3-6-14-9-10-18-16(11-14)20(15-7-4-5-8-17(15)21)22-12-19-24-23-13(2)25(18)19/h4-5,7-11H,12H2,1-2H3. The second-order valence-electron chi connectivity index (χ2n) is 5.75. The normalized spacial score (nSPS) is 12.4. The van der Waals surface area contributed by atoms with Gasteiger partial charge >= 0.3 is 0 Å². The third-order valence-corrected chi connectivity index (χ3v) is 4.16. The predicted octanol–water partition coefficient (Wildman–Crippen LogP) is 3.44. The lowest BCUT2D eigenvalue weighted by atomic mass is 9.98. The second kappa shape index (κ2) is 5.99. The van der Waals surface area contributed by atoms with Crippen molar-refractivity contribution in [2.24, 2.45) is 4.99 Å². The zero-order valence-corrected chi connectivity index (χ0v) is 13.9. The van der Waals surface area contributed by atoms with Crippen molar-refractivity contribution in [3.8, 4) is 17.5 Å². The Morgan fingerprint density at radius 2 is 1.92 bits per heavy atom. The minimum absolute atomic E-state index is 0.298. The molecule has 4 rings (SSSR count). The first-order chi connectivity index (χ1) is 12.2. The number of aliphatic imine (C=N–C) groups is 1. The average Bonchev–Trinajstić information content (AvgIpc) is 2.89. The van der Waals surface area contributed by atoms with E-state index in [1.165, 1.54) is 6.07 Å². The maximum absolute atomic E-state index is 14.4. The first kappa shape index (κ1) is 15.3. The molecule has 1 aliphatic heterocycles. The monoisotopic (exact) mass is 330 g/mol. The lowest BCUT2D eigenvalue weighted by Crippen LogP contribution is -2.10. The summed E-state index contributed by atoms with van der Waals surface area (Å²) in [6.45, 7) is 4.03. The fourth-order valence-electron chi connectivity index (χ4n) is 3.08. The first-order valence-corrected chi connectivity index (χ1v) is 7.97. The molecule has 1 aromatic heterocycles. The van der Waals surface area contributed by atoms with Gasteiger partial charge in [0.2, 0.25) is 0 Å². The van der Waals surface area contributed by atoms with Crippen molar-refractivity contribution in [3.63, 3.8) is 0 Å². The molecule has 0 radical (unpaired) electrons. The number of halogens is 1. The van der Waals surface area contributed by atoms with Crippen LogP contribution in [0.2, 0.25) is 0 Å². The molecular formula is C20H15FN4. The Labute approximate surface area is 145 Å². The van der Waals surface area contributed by atoms with Crippen molar-refractivity contribution in [2.75, 3.05) is 0 Å². The van der Waals surface area contributed by atoms with Gasteiger partial charge in [0.1, 0.15) is 18.2 Å². The summed E-state index contributed by atoms with van der Waals surface area (Å²) >= 11 is 0. The van der Waals surface area contributed by atoms with Gasteiger partial charge in [-0.25, -0.2) is 4.39 Å². The Kier molecular flexibility index (Phi) is 3.66. The van der Waals surface area contributed by atoms with Crippen molar-refractivity contribution in [3.05, 3.63) is 76.6 Å². The maximum atomic E-state index is 14.4. The number of rotatable bonds is 1. The molecule has 0 aliphatic carbocycles. The van der Waals surface area contributed by atoms with Crippen molar-refractivity contribution in [1.82, 2.24) is 14.8 Å². The largest absolute Gasteiger partial charge is 0.281 e. The Hall–Kier alpha value is -3.26. The van der Waals surface area contributed by atoms with Gasteiger partial charge in [0.25, 0.3) is 0 Å². The minimum Gasteiger partial charge on any atom is -0.281 e. The molecule has 0 unspecified atom stereocenters. The SMILES string of the molecule is CC#Cc1ccc2c(c1)C(c1ccccc1F)=NCc1nnc(C)n1-2. The van der Waals surface area contributed by atoms with E-state index in [0.29, 0.717) is 17.8 Å². The van der Waals surface area contributed by atoms with Crippen LogP contribution in [-0.2, 0) is 6.54 Å². The number of fused-ring (bicyclic) bond motifs is 3. The van der Waals surface area contributed by atoms with Crippen LogP contribution in [0.1, 0.15) is 35.3 Å². The predicted molar refractivity (Wildman–Crippen MR) is 94.4 cm³/mol. The molecule has 0 saturated heterocycles. The number of benzene rings is 2. The van der Waals surface area contributed by atoms with Crippen LogP contribution in [0, 0.1) is 24.6 Å². The number of hydrogen-bond acceptors (Lipinski definition) is 3. The number of aryl methyl sites for hydroxylation is 1. The third-order valence-electron chi connectivity index (χ3n) is 4.16. The van der Waals surface area contributed by atoms with E-state index in [4.69, 9.17) is 0 Å². The molecule has 0 spiro atoms. The maximum Gasteiger partial charge on any atom is 0.159 e. The molecule has 0 fully saturated rings. The van der Waals surface area contributed by atoms with Crippen molar-refractivity contribution in [1.29, 1.82) is 0 Å². The van der Waals surface area contributed by atoms with Gasteiger partial charge in [0.15, 0.2) is 5.82 Å². The quantitative estimate of drug-likeness (QED) is 0.642. The van der Waals surface area contributed by atoms with E-state index in [-0.39, 0.29) is 5.82 Å². The van der Waals surface area contributed by atoms with E-state index in [1.807, 2.05) is 35.8 Å². The molecule has 122 valence electrons. The minimum atomic E-state index is -0.298. The molecule has 0 N–H and O–H groups in total. The summed E-state index contributed by atoms with van der Waals surface area (Å²) in [6, 6.07) is 12.5. The van der Waals surface area contributed by atoms with Gasteiger partial charge < -0.3 is 0 Å². The van der Waals surface area contributed by atoms with Crippen LogP contribution >= 0.6 is 0 Å². The summed E-state index contributed by atoms with van der Waals surface area (Å²) < 4.78 is 16.4. The van der Waals surface area contributed by atoms with E-state index < -0.39 is 0 Å². The molecule has 25 heavy (non-hydrogen) atoms. The van der Waals surface area contributed by atoms with Gasteiger partial charge in [-0.1, -0.05) is 18.1 Å². The van der Waals surface area contributed by atoms with E-state index in [1.54, 1.807) is 19.1 Å². The highest BCUT2D eigenvalue weighted by Gasteiger charge is 2.23. The van der Waals surface area contributed by atoms with E-state index >= 15 is 0 Å². The Morgan fingerprint density at radius 1 is 1.08 bits per heavy atom. The van der Waals surface area contributed by atoms with Gasteiger partial charge in [-0.15, -0.1) is 16.1 Å². The van der Waals surface area contributed by atoms with Crippen LogP contribution in [0.4, 0.5) is 4.39 Å². The van der Waals surface area contributed by atoms with E-state index in [2.05, 4.69) is 27.0 Å². The fourth-order valence-corrected chi connectivity index (χ4v) is 3.08. The molecule has 2 aromatic carbocycles. The molecule has 0 atom stereocenters. The van der Waals surface area contributed by atoms with Crippen molar-refractivity contribution in [2.45, 2.75) is 20.4 Å². The van der Waals surface area contributed by atoms with Gasteiger partial charge in [-0.2, -0.15) is 0 Å². The topological polar surface area (TPSA) is 43.1 Å². The first-order valence-electron chi connectivity index (χ1n) is 7.97. The lowest BCUT2D eigenvalue weighted by molar-refractivity contribution is 0.625. The summed E-state index contributed by atoms with van der Waals surface area (Å²) in [5.74, 6) is 7.17. The number of nitrogens with zero attached hydrogens (tertiary/aromatic N) is 4. The van der Waals surface area contributed by atoms with Crippen LogP contribution in [0.5, 0.6) is 0 Å². The second-order valence-corrected chi connectivity index (χ2v) is 5.75. The summed E-state index contributed by atoms with van der Waals surface area (Å²) in [5, 5.41) is 8.36. The van der Waals surface area contributed by atoms with Crippen LogP contribution in [0.3, 0.4) is 0 Å². The van der Waals surface area contributed by atoms with Crippen LogP contribution in [0.15, 0.2) is 47.5 Å². The summed E-state index contributed by atoms with van der Waals surface area (Å²) in [4.78, 5) is 4.66. The van der Waals surface area contributed by atoms with Crippen molar-refractivity contribution < 1.29 is 4.39 Å². The Morgan fingerprint density at radius 3 is 2.72 bits per heavy atom. The number of aromatic nitrogens is 3. The van der Waals surface area contributed by atoms with Gasteiger partial charge in [0.05, 0.1) is 11.4 Å². The van der Waals surface area contributed by atoms with Crippen LogP contribution in [-0.4, -0.2) is 20.5 Å². The highest BCUT2D eigenvalue weighted by molar-refractivity contribution is 6.15. The Bertz CT molecular complexity index is 1070. The molecule has 3 aromatic rings. The molecule has 4 nitrogen and oxygen atoms in total. The highest BCUT2D eigenvalue weighted by atomic mass is 19.1. The van der Waals surface area contributed by atoms with Crippen molar-refractivity contribution >= 4 is 5.71 Å². The van der Waals surface area contributed by atoms with Crippen LogP contribution in [0.25, 0.3) is 5.69 Å². The lowest BCUT2D eigenvalue weighted by Gasteiger charge is -2.13. The summed E-state index contributed by atoms with van der Waals surface area (Å²) in [5.41, 5.74) is 3.66. The molecule has 2 heterocycles. The smallest absolute Gasteiger partial charge is 0.159 e. The molecule has 0 bridgehead atoms. The highest BCUT2D eigenvalue weighted by Crippen LogP contribution is 2.27. The third kappa shape index (κ3) is 2.52. The molecule has 0 amide bonds. The zero-order chi connectivity index (χ0) is 17.4. The fraction of sp³-hybridized carbons (Fsp3) is 0.150. The summed E-state index contributed by atoms with van der Waals surface area (Å²) in [7, 11) is 0. The van der Waals surface area contributed by atoms with E-state index in [9.17, 15) is 4.39 Å². The Balaban J connectivity index is 2.03. The molecule has 0 saturated carbocycles.